The summed E-state index contributed by atoms with van der Waals surface area (Å²) in [7, 11) is 0. The van der Waals surface area contributed by atoms with Gasteiger partial charge in [0.15, 0.2) is 11.6 Å². The number of para-hydroxylation sites is 1. The van der Waals surface area contributed by atoms with Crippen molar-refractivity contribution in [3.05, 3.63) is 124 Å². The summed E-state index contributed by atoms with van der Waals surface area (Å²) >= 11 is 7.29. The number of nitrogens with one attached hydrogen (secondary N) is 1. The van der Waals surface area contributed by atoms with Gasteiger partial charge >= 0.3 is 0 Å². The van der Waals surface area contributed by atoms with Gasteiger partial charge in [0.25, 0.3) is 5.91 Å². The van der Waals surface area contributed by atoms with E-state index in [4.69, 9.17) is 11.6 Å². The van der Waals surface area contributed by atoms with E-state index in [1.165, 1.54) is 11.8 Å². The number of carbonyl (C=O) groups is 3. The minimum atomic E-state index is -0.362. The van der Waals surface area contributed by atoms with E-state index < -0.39 is 0 Å². The number of benzene rings is 4. The van der Waals surface area contributed by atoms with E-state index in [0.717, 1.165) is 4.90 Å². The number of anilines is 1. The number of fused-ring (bicyclic) bond motifs is 2. The molecule has 5 rings (SSSR count). The summed E-state index contributed by atoms with van der Waals surface area (Å²) in [4.78, 5) is 41.2. The van der Waals surface area contributed by atoms with Crippen LogP contribution in [0, 0.1) is 0 Å². The molecular formula is C27H16ClNO3S. The van der Waals surface area contributed by atoms with Gasteiger partial charge in [-0.05, 0) is 48.5 Å². The highest BCUT2D eigenvalue weighted by Crippen LogP contribution is 2.40. The molecule has 0 heterocycles. The fourth-order valence-corrected chi connectivity index (χ4v) is 4.99. The molecule has 0 aromatic heterocycles. The summed E-state index contributed by atoms with van der Waals surface area (Å²) in [6.45, 7) is 0. The van der Waals surface area contributed by atoms with E-state index in [1.54, 1.807) is 60.7 Å². The molecule has 0 unspecified atom stereocenters. The van der Waals surface area contributed by atoms with Crippen LogP contribution in [0.4, 0.5) is 5.69 Å². The second kappa shape index (κ2) is 8.70. The van der Waals surface area contributed by atoms with Gasteiger partial charge in [0.05, 0.1) is 5.56 Å². The van der Waals surface area contributed by atoms with Crippen LogP contribution in [0.25, 0.3) is 0 Å². The molecule has 0 atom stereocenters. The smallest absolute Gasteiger partial charge is 0.256 e. The van der Waals surface area contributed by atoms with Crippen LogP contribution >= 0.6 is 23.4 Å². The Balaban J connectivity index is 1.66. The van der Waals surface area contributed by atoms with Crippen LogP contribution in [0.3, 0.4) is 0 Å². The highest BCUT2D eigenvalue weighted by atomic mass is 35.5. The van der Waals surface area contributed by atoms with Gasteiger partial charge in [-0.1, -0.05) is 65.8 Å². The fraction of sp³-hybridized carbons (Fsp3) is 0. The van der Waals surface area contributed by atoms with E-state index >= 15 is 0 Å². The minimum Gasteiger partial charge on any atom is -0.322 e. The molecule has 4 nitrogen and oxygen atoms in total. The molecule has 1 aliphatic rings. The topological polar surface area (TPSA) is 63.2 Å². The lowest BCUT2D eigenvalue weighted by Crippen LogP contribution is -2.24. The zero-order chi connectivity index (χ0) is 22.9. The quantitative estimate of drug-likeness (QED) is 0.325. The number of halogens is 1. The molecule has 4 aromatic rings. The molecule has 0 bridgehead atoms. The van der Waals surface area contributed by atoms with Gasteiger partial charge in [-0.25, -0.2) is 0 Å². The normalized spacial score (nSPS) is 12.2. The molecular weight excluding hydrogens is 454 g/mol. The summed E-state index contributed by atoms with van der Waals surface area (Å²) in [5.74, 6) is -0.862. The maximum absolute atomic E-state index is 13.5. The van der Waals surface area contributed by atoms with Gasteiger partial charge in [0.1, 0.15) is 0 Å². The molecule has 0 spiro atoms. The summed E-state index contributed by atoms with van der Waals surface area (Å²) in [5.41, 5.74) is 2.21. The second-order valence-electron chi connectivity index (χ2n) is 7.44. The van der Waals surface area contributed by atoms with Gasteiger partial charge in [0, 0.05) is 42.8 Å². The van der Waals surface area contributed by atoms with Crippen molar-refractivity contribution in [1.29, 1.82) is 0 Å². The molecule has 1 N–H and O–H groups in total. The molecule has 0 aliphatic heterocycles. The third kappa shape index (κ3) is 3.97. The molecule has 160 valence electrons. The third-order valence-corrected chi connectivity index (χ3v) is 6.74. The number of rotatable bonds is 4. The Labute approximate surface area is 199 Å². The Morgan fingerprint density at radius 2 is 1.33 bits per heavy atom. The van der Waals surface area contributed by atoms with Crippen molar-refractivity contribution in [3.8, 4) is 0 Å². The molecule has 33 heavy (non-hydrogen) atoms. The Morgan fingerprint density at radius 1 is 0.697 bits per heavy atom. The minimum absolute atomic E-state index is 0.229. The van der Waals surface area contributed by atoms with Crippen LogP contribution in [-0.2, 0) is 0 Å². The Hall–Kier alpha value is -3.67. The summed E-state index contributed by atoms with van der Waals surface area (Å²) in [5, 5.41) is 3.46. The van der Waals surface area contributed by atoms with Crippen molar-refractivity contribution < 1.29 is 14.4 Å². The monoisotopic (exact) mass is 469 g/mol. The first-order valence-electron chi connectivity index (χ1n) is 10.2. The first-order chi connectivity index (χ1) is 16.0. The van der Waals surface area contributed by atoms with Crippen LogP contribution in [0.2, 0.25) is 5.02 Å². The van der Waals surface area contributed by atoms with E-state index in [9.17, 15) is 14.4 Å². The van der Waals surface area contributed by atoms with Crippen LogP contribution in [0.1, 0.15) is 42.2 Å². The molecule has 0 saturated carbocycles. The van der Waals surface area contributed by atoms with Crippen molar-refractivity contribution in [2.45, 2.75) is 9.79 Å². The molecule has 6 heteroatoms. The molecule has 4 aromatic carbocycles. The van der Waals surface area contributed by atoms with Crippen LogP contribution in [-0.4, -0.2) is 17.5 Å². The zero-order valence-electron chi connectivity index (χ0n) is 17.2. The van der Waals surface area contributed by atoms with Crippen molar-refractivity contribution in [1.82, 2.24) is 0 Å². The summed E-state index contributed by atoms with van der Waals surface area (Å²) in [6.07, 6.45) is 0. The number of amides is 1. The van der Waals surface area contributed by atoms with Crippen LogP contribution < -0.4 is 5.32 Å². The first kappa shape index (κ1) is 21.2. The predicted octanol–water partition coefficient (Wildman–Crippen LogP) is 6.52. The Kier molecular flexibility index (Phi) is 5.58. The second-order valence-corrected chi connectivity index (χ2v) is 8.96. The van der Waals surface area contributed by atoms with E-state index in [1.807, 2.05) is 30.3 Å². The standard InChI is InChI=1S/C27H16ClNO3S/c28-16-10-12-18(13-11-16)33-26-22(27(32)29-17-6-2-1-3-7-17)15-14-21-23(26)25(31)20-9-5-4-8-19(20)24(21)30/h1-15H,(H,29,32). The maximum Gasteiger partial charge on any atom is 0.256 e. The molecule has 0 fully saturated rings. The fourth-order valence-electron chi connectivity index (χ4n) is 3.78. The zero-order valence-corrected chi connectivity index (χ0v) is 18.7. The Morgan fingerprint density at radius 3 is 2.03 bits per heavy atom. The van der Waals surface area contributed by atoms with Gasteiger partial charge in [0.2, 0.25) is 0 Å². The molecule has 1 aliphatic carbocycles. The molecule has 0 radical (unpaired) electrons. The first-order valence-corrected chi connectivity index (χ1v) is 11.4. The van der Waals surface area contributed by atoms with Gasteiger partial charge in [-0.2, -0.15) is 0 Å². The summed E-state index contributed by atoms with van der Waals surface area (Å²) < 4.78 is 0. The number of ketones is 2. The number of carbonyl (C=O) groups excluding carboxylic acids is 3. The lowest BCUT2D eigenvalue weighted by molar-refractivity contribution is 0.0975. The predicted molar refractivity (Wildman–Crippen MR) is 130 cm³/mol. The van der Waals surface area contributed by atoms with Gasteiger partial charge in [-0.15, -0.1) is 0 Å². The summed E-state index contributed by atoms with van der Waals surface area (Å²) in [6, 6.07) is 26.1. The highest BCUT2D eigenvalue weighted by molar-refractivity contribution is 7.99. The van der Waals surface area contributed by atoms with Crippen molar-refractivity contribution in [2.24, 2.45) is 0 Å². The highest BCUT2D eigenvalue weighted by Gasteiger charge is 2.34. The lowest BCUT2D eigenvalue weighted by Gasteiger charge is -2.22. The SMILES string of the molecule is O=C(Nc1ccccc1)c1ccc2c(c1Sc1ccc(Cl)cc1)C(=O)c1ccccc1C2=O. The van der Waals surface area contributed by atoms with E-state index in [-0.39, 0.29) is 23.0 Å². The number of hydrogen-bond donors (Lipinski definition) is 1. The van der Waals surface area contributed by atoms with Crippen LogP contribution in [0.15, 0.2) is 101 Å². The number of hydrogen-bond acceptors (Lipinski definition) is 4. The van der Waals surface area contributed by atoms with Crippen molar-refractivity contribution >= 4 is 46.5 Å². The maximum atomic E-state index is 13.5. The molecule has 1 amide bonds. The molecule has 0 saturated heterocycles. The van der Waals surface area contributed by atoms with E-state index in [2.05, 4.69) is 5.32 Å². The van der Waals surface area contributed by atoms with Crippen molar-refractivity contribution in [3.63, 3.8) is 0 Å². The van der Waals surface area contributed by atoms with E-state index in [0.29, 0.717) is 37.9 Å². The van der Waals surface area contributed by atoms with Gasteiger partial charge < -0.3 is 5.32 Å². The average Bonchev–Trinajstić information content (AvgIpc) is 2.84. The largest absolute Gasteiger partial charge is 0.322 e. The Bertz CT molecular complexity index is 1420. The van der Waals surface area contributed by atoms with Crippen LogP contribution in [0.5, 0.6) is 0 Å². The van der Waals surface area contributed by atoms with Gasteiger partial charge in [-0.3, -0.25) is 14.4 Å². The van der Waals surface area contributed by atoms with Crippen molar-refractivity contribution in [2.75, 3.05) is 5.32 Å². The average molecular weight is 470 g/mol. The lowest BCUT2D eigenvalue weighted by atomic mass is 9.83. The third-order valence-electron chi connectivity index (χ3n) is 5.36.